The molecule has 3 aromatic heterocycles. The Hall–Kier alpha value is -3.93. The van der Waals surface area contributed by atoms with Gasteiger partial charge in [0.2, 0.25) is 0 Å². The van der Waals surface area contributed by atoms with Crippen LogP contribution in [0.25, 0.3) is 27.9 Å². The number of nitrogens with one attached hydrogen (secondary N) is 1. The average Bonchev–Trinajstić information content (AvgIpc) is 3.37. The van der Waals surface area contributed by atoms with Crippen LogP contribution in [-0.4, -0.2) is 25.0 Å². The molecule has 0 amide bonds. The van der Waals surface area contributed by atoms with Crippen LogP contribution in [0.5, 0.6) is 5.75 Å². The van der Waals surface area contributed by atoms with Crippen molar-refractivity contribution in [3.05, 3.63) is 89.5 Å². The number of aromatic amines is 1. The van der Waals surface area contributed by atoms with Crippen LogP contribution in [0, 0.1) is 6.92 Å². The summed E-state index contributed by atoms with van der Waals surface area (Å²) >= 11 is 0. The predicted molar refractivity (Wildman–Crippen MR) is 123 cm³/mol. The summed E-state index contributed by atoms with van der Waals surface area (Å²) in [6.45, 7) is 5.16. The second-order valence-electron chi connectivity index (χ2n) is 7.75. The van der Waals surface area contributed by atoms with Crippen molar-refractivity contribution in [2.24, 2.45) is 0 Å². The number of nitrogens with zero attached hydrogens (tertiary/aromatic N) is 4. The highest BCUT2D eigenvalue weighted by molar-refractivity contribution is 6.08. The van der Waals surface area contributed by atoms with E-state index in [-0.39, 0.29) is 0 Å². The fourth-order valence-corrected chi connectivity index (χ4v) is 3.81. The van der Waals surface area contributed by atoms with Crippen LogP contribution in [0.1, 0.15) is 23.9 Å². The molecule has 0 saturated carbocycles. The first-order valence-corrected chi connectivity index (χ1v) is 10.3. The van der Waals surface area contributed by atoms with E-state index in [9.17, 15) is 0 Å². The highest BCUT2D eigenvalue weighted by atomic mass is 16.5. The normalized spacial score (nSPS) is 12.0. The molecule has 2 aromatic carbocycles. The molecule has 5 aromatic rings. The van der Waals surface area contributed by atoms with Crippen molar-refractivity contribution < 1.29 is 4.74 Å². The Morgan fingerprint density at radius 2 is 1.97 bits per heavy atom. The number of aromatic nitrogens is 5. The molecule has 31 heavy (non-hydrogen) atoms. The largest absolute Gasteiger partial charge is 0.487 e. The molecule has 0 bridgehead atoms. The Labute approximate surface area is 180 Å². The van der Waals surface area contributed by atoms with Crippen molar-refractivity contribution >= 4 is 27.9 Å². The van der Waals surface area contributed by atoms with E-state index in [4.69, 9.17) is 4.74 Å². The van der Waals surface area contributed by atoms with E-state index >= 15 is 0 Å². The van der Waals surface area contributed by atoms with E-state index in [2.05, 4.69) is 51.5 Å². The van der Waals surface area contributed by atoms with Crippen molar-refractivity contribution in [2.75, 3.05) is 0 Å². The van der Waals surface area contributed by atoms with Crippen LogP contribution in [0.3, 0.4) is 0 Å². The lowest BCUT2D eigenvalue weighted by Gasteiger charge is -2.04. The summed E-state index contributed by atoms with van der Waals surface area (Å²) in [5, 5.41) is 10.8. The van der Waals surface area contributed by atoms with Crippen LogP contribution < -0.4 is 4.74 Å². The Bertz CT molecular complexity index is 1380. The van der Waals surface area contributed by atoms with Gasteiger partial charge in [0.1, 0.15) is 18.1 Å². The molecule has 0 aliphatic carbocycles. The minimum absolute atomic E-state index is 0.369. The van der Waals surface area contributed by atoms with Gasteiger partial charge in [-0.3, -0.25) is 4.98 Å². The zero-order valence-corrected chi connectivity index (χ0v) is 17.5. The highest BCUT2D eigenvalue weighted by Gasteiger charge is 2.09. The maximum atomic E-state index is 5.97. The van der Waals surface area contributed by atoms with Gasteiger partial charge >= 0.3 is 0 Å². The number of rotatable bonds is 6. The van der Waals surface area contributed by atoms with E-state index in [1.54, 1.807) is 0 Å². The minimum atomic E-state index is 0.369. The molecular weight excluding hydrogens is 386 g/mol. The second-order valence-corrected chi connectivity index (χ2v) is 7.75. The number of aryl methyl sites for hydroxylation is 1. The van der Waals surface area contributed by atoms with Crippen molar-refractivity contribution in [3.8, 4) is 5.75 Å². The predicted octanol–water partition coefficient (Wildman–Crippen LogP) is 5.30. The summed E-state index contributed by atoms with van der Waals surface area (Å²) in [5.41, 5.74) is 6.28. The van der Waals surface area contributed by atoms with Crippen LogP contribution >= 0.6 is 0 Å². The molecule has 3 heterocycles. The van der Waals surface area contributed by atoms with Gasteiger partial charge in [-0.25, -0.2) is 4.68 Å². The molecule has 154 valence electrons. The summed E-state index contributed by atoms with van der Waals surface area (Å²) < 4.78 is 7.81. The maximum absolute atomic E-state index is 5.97. The van der Waals surface area contributed by atoms with Crippen molar-refractivity contribution in [1.82, 2.24) is 25.0 Å². The van der Waals surface area contributed by atoms with E-state index in [0.29, 0.717) is 13.2 Å². The molecule has 0 unspecified atom stereocenters. The molecule has 0 atom stereocenters. The van der Waals surface area contributed by atoms with Crippen molar-refractivity contribution in [2.45, 2.75) is 27.0 Å². The third-order valence-corrected chi connectivity index (χ3v) is 5.28. The van der Waals surface area contributed by atoms with Crippen molar-refractivity contribution in [1.29, 1.82) is 0 Å². The van der Waals surface area contributed by atoms with Gasteiger partial charge in [-0.15, -0.1) is 5.10 Å². The Balaban J connectivity index is 1.27. The smallest absolute Gasteiger partial charge is 0.134 e. The monoisotopic (exact) mass is 409 g/mol. The van der Waals surface area contributed by atoms with Gasteiger partial charge in [-0.05, 0) is 37.6 Å². The zero-order chi connectivity index (χ0) is 21.2. The number of hydrogen-bond acceptors (Lipinski definition) is 4. The molecule has 0 radical (unpaired) electrons. The van der Waals surface area contributed by atoms with Gasteiger partial charge in [0.25, 0.3) is 0 Å². The lowest BCUT2D eigenvalue weighted by molar-refractivity contribution is 0.301. The number of hydrogen-bond donors (Lipinski definition) is 1. The highest BCUT2D eigenvalue weighted by Crippen LogP contribution is 2.29. The third kappa shape index (κ3) is 4.05. The third-order valence-electron chi connectivity index (χ3n) is 5.28. The van der Waals surface area contributed by atoms with Gasteiger partial charge in [0, 0.05) is 23.0 Å². The SMILES string of the molecule is C/C(=C\c1ccccc1)Cn1cc(COc2ccc3c(c2)[nH]c2c(C)nccc23)nn1. The molecular formula is C25H23N5O. The number of ether oxygens (including phenoxy) is 1. The second kappa shape index (κ2) is 8.07. The Morgan fingerprint density at radius 3 is 2.84 bits per heavy atom. The lowest BCUT2D eigenvalue weighted by Crippen LogP contribution is -2.00. The molecule has 0 saturated heterocycles. The fraction of sp³-hybridized carbons (Fsp3) is 0.160. The zero-order valence-electron chi connectivity index (χ0n) is 17.5. The minimum Gasteiger partial charge on any atom is -0.487 e. The van der Waals surface area contributed by atoms with Gasteiger partial charge < -0.3 is 9.72 Å². The summed E-state index contributed by atoms with van der Waals surface area (Å²) in [6.07, 6.45) is 5.93. The van der Waals surface area contributed by atoms with Crippen LogP contribution in [-0.2, 0) is 13.2 Å². The molecule has 6 nitrogen and oxygen atoms in total. The summed E-state index contributed by atoms with van der Waals surface area (Å²) in [7, 11) is 0. The van der Waals surface area contributed by atoms with E-state index < -0.39 is 0 Å². The van der Waals surface area contributed by atoms with E-state index in [1.165, 1.54) is 21.9 Å². The molecule has 1 N–H and O–H groups in total. The molecule has 0 spiro atoms. The van der Waals surface area contributed by atoms with Gasteiger partial charge in [0.05, 0.1) is 29.5 Å². The number of allylic oxidation sites excluding steroid dienone is 1. The Kier molecular flexibility index (Phi) is 4.96. The first-order valence-electron chi connectivity index (χ1n) is 10.3. The first kappa shape index (κ1) is 19.1. The van der Waals surface area contributed by atoms with Gasteiger partial charge in [-0.1, -0.05) is 47.2 Å². The summed E-state index contributed by atoms with van der Waals surface area (Å²) in [4.78, 5) is 7.81. The number of H-pyrrole nitrogens is 1. The summed E-state index contributed by atoms with van der Waals surface area (Å²) in [5.74, 6) is 0.791. The number of fused-ring (bicyclic) bond motifs is 3. The standard InChI is InChI=1S/C25H23N5O/c1-17(12-19-6-4-3-5-7-19)14-30-15-20(28-29-30)16-31-21-8-9-22-23-10-11-26-18(2)25(23)27-24(22)13-21/h3-13,15,27H,14,16H2,1-2H3/b17-12+. The van der Waals surface area contributed by atoms with Crippen LogP contribution in [0.4, 0.5) is 0 Å². The topological polar surface area (TPSA) is 68.6 Å². The quantitative estimate of drug-likeness (QED) is 0.413. The maximum Gasteiger partial charge on any atom is 0.134 e. The Morgan fingerprint density at radius 1 is 1.10 bits per heavy atom. The van der Waals surface area contributed by atoms with E-state index in [1.807, 2.05) is 60.4 Å². The van der Waals surface area contributed by atoms with Gasteiger partial charge in [-0.2, -0.15) is 0 Å². The number of pyridine rings is 1. The molecule has 0 aliphatic heterocycles. The molecule has 6 heteroatoms. The van der Waals surface area contributed by atoms with Gasteiger partial charge in [0.15, 0.2) is 0 Å². The van der Waals surface area contributed by atoms with Crippen LogP contribution in [0.15, 0.2) is 72.6 Å². The number of benzene rings is 2. The molecule has 0 fully saturated rings. The van der Waals surface area contributed by atoms with Crippen LogP contribution in [0.2, 0.25) is 0 Å². The fourth-order valence-electron chi connectivity index (χ4n) is 3.81. The first-order chi connectivity index (χ1) is 15.2. The molecule has 5 rings (SSSR count). The average molecular weight is 409 g/mol. The molecule has 0 aliphatic rings. The summed E-state index contributed by atoms with van der Waals surface area (Å²) in [6, 6.07) is 18.4. The van der Waals surface area contributed by atoms with Crippen molar-refractivity contribution in [3.63, 3.8) is 0 Å². The lowest BCUT2D eigenvalue weighted by atomic mass is 10.1. The van der Waals surface area contributed by atoms with E-state index in [0.717, 1.165) is 28.2 Å².